The van der Waals surface area contributed by atoms with Gasteiger partial charge in [-0.15, -0.1) is 0 Å². The fourth-order valence-corrected chi connectivity index (χ4v) is 4.66. The lowest BCUT2D eigenvalue weighted by Gasteiger charge is -2.33. The zero-order valence-electron chi connectivity index (χ0n) is 18.2. The molecule has 0 atom stereocenters. The highest BCUT2D eigenvalue weighted by Gasteiger charge is 2.36. The molecule has 5 heteroatoms. The summed E-state index contributed by atoms with van der Waals surface area (Å²) in [5.74, 6) is 0.480. The minimum Gasteiger partial charge on any atom is -0.444 e. The second kappa shape index (κ2) is 9.19. The van der Waals surface area contributed by atoms with E-state index in [0.29, 0.717) is 25.4 Å². The molecule has 0 aromatic heterocycles. The summed E-state index contributed by atoms with van der Waals surface area (Å²) < 4.78 is 5.45. The topological polar surface area (TPSA) is 58.6 Å². The first-order chi connectivity index (χ1) is 13.8. The molecule has 0 radical (unpaired) electrons. The molecule has 1 aliphatic heterocycles. The maximum atomic E-state index is 12.6. The monoisotopic (exact) mass is 400 g/mol. The third-order valence-corrected chi connectivity index (χ3v) is 6.31. The molecule has 3 rings (SSSR count). The van der Waals surface area contributed by atoms with E-state index in [2.05, 4.69) is 29.6 Å². The average molecular weight is 401 g/mol. The largest absolute Gasteiger partial charge is 0.444 e. The molecule has 1 aliphatic carbocycles. The molecular formula is C24H36N2O3. The van der Waals surface area contributed by atoms with Crippen molar-refractivity contribution in [2.75, 3.05) is 19.6 Å². The first kappa shape index (κ1) is 21.7. The van der Waals surface area contributed by atoms with Gasteiger partial charge in [0.05, 0.1) is 0 Å². The molecule has 2 fully saturated rings. The van der Waals surface area contributed by atoms with Gasteiger partial charge in [0.25, 0.3) is 0 Å². The Labute approximate surface area is 175 Å². The van der Waals surface area contributed by atoms with Gasteiger partial charge >= 0.3 is 6.09 Å². The van der Waals surface area contributed by atoms with Gasteiger partial charge in [0.15, 0.2) is 0 Å². The molecule has 0 bridgehead atoms. The number of carbonyl (C=O) groups is 2. The number of amides is 2. The number of benzene rings is 1. The normalized spacial score (nSPS) is 19.8. The van der Waals surface area contributed by atoms with Crippen molar-refractivity contribution in [3.63, 3.8) is 0 Å². The van der Waals surface area contributed by atoms with Crippen molar-refractivity contribution < 1.29 is 14.3 Å². The Morgan fingerprint density at radius 2 is 1.72 bits per heavy atom. The van der Waals surface area contributed by atoms with Crippen LogP contribution in [-0.4, -0.2) is 42.1 Å². The maximum absolute atomic E-state index is 12.6. The lowest BCUT2D eigenvalue weighted by atomic mass is 9.78. The number of hydrogen-bond acceptors (Lipinski definition) is 3. The lowest BCUT2D eigenvalue weighted by molar-refractivity contribution is -0.122. The van der Waals surface area contributed by atoms with E-state index in [1.807, 2.05) is 26.8 Å². The van der Waals surface area contributed by atoms with Gasteiger partial charge in [0.2, 0.25) is 5.91 Å². The molecule has 1 heterocycles. The number of likely N-dealkylation sites (tertiary alicyclic amines) is 1. The summed E-state index contributed by atoms with van der Waals surface area (Å²) in [6, 6.07) is 10.6. The predicted molar refractivity (Wildman–Crippen MR) is 115 cm³/mol. The smallest absolute Gasteiger partial charge is 0.410 e. The second-order valence-corrected chi connectivity index (χ2v) is 9.75. The highest BCUT2D eigenvalue weighted by molar-refractivity contribution is 5.76. The Bertz CT molecular complexity index is 682. The lowest BCUT2D eigenvalue weighted by Crippen LogP contribution is -2.43. The van der Waals surface area contributed by atoms with Crippen LogP contribution >= 0.6 is 0 Å². The summed E-state index contributed by atoms with van der Waals surface area (Å²) in [5, 5.41) is 3.23. The summed E-state index contributed by atoms with van der Waals surface area (Å²) in [6.45, 7) is 7.71. The minimum absolute atomic E-state index is 0.0942. The molecule has 1 aromatic carbocycles. The summed E-state index contributed by atoms with van der Waals surface area (Å²) in [7, 11) is 0. The minimum atomic E-state index is -0.469. The molecule has 5 nitrogen and oxygen atoms in total. The molecule has 2 aliphatic rings. The van der Waals surface area contributed by atoms with Crippen molar-refractivity contribution in [1.29, 1.82) is 0 Å². The third-order valence-electron chi connectivity index (χ3n) is 6.31. The van der Waals surface area contributed by atoms with Gasteiger partial charge in [0, 0.05) is 31.5 Å². The SMILES string of the molecule is CC(C)(C)OC(=O)N1CCC(CC(=O)NCC2(c3ccccc3)CCCC2)CC1. The number of rotatable bonds is 5. The van der Waals surface area contributed by atoms with Crippen molar-refractivity contribution in [1.82, 2.24) is 10.2 Å². The standard InChI is InChI=1S/C24H36N2O3/c1-23(2,3)29-22(28)26-15-11-19(12-16-26)17-21(27)25-18-24(13-7-8-14-24)20-9-5-4-6-10-20/h4-6,9-10,19H,7-8,11-18H2,1-3H3,(H,25,27). The van der Waals surface area contributed by atoms with E-state index in [0.717, 1.165) is 32.2 Å². The maximum Gasteiger partial charge on any atom is 0.410 e. The van der Waals surface area contributed by atoms with E-state index in [9.17, 15) is 9.59 Å². The van der Waals surface area contributed by atoms with Crippen LogP contribution in [0, 0.1) is 5.92 Å². The van der Waals surface area contributed by atoms with Crippen LogP contribution in [0.4, 0.5) is 4.79 Å². The van der Waals surface area contributed by atoms with Gasteiger partial charge in [-0.2, -0.15) is 0 Å². The molecule has 0 spiro atoms. The number of hydrogen-bond donors (Lipinski definition) is 1. The van der Waals surface area contributed by atoms with Gasteiger partial charge in [0.1, 0.15) is 5.60 Å². The Hall–Kier alpha value is -2.04. The summed E-state index contributed by atoms with van der Waals surface area (Å²) >= 11 is 0. The van der Waals surface area contributed by atoms with Crippen LogP contribution < -0.4 is 5.32 Å². The van der Waals surface area contributed by atoms with Crippen molar-refractivity contribution >= 4 is 12.0 Å². The molecule has 0 unspecified atom stereocenters. The van der Waals surface area contributed by atoms with Crippen molar-refractivity contribution in [2.45, 2.75) is 76.7 Å². The van der Waals surface area contributed by atoms with E-state index in [1.54, 1.807) is 4.90 Å². The average Bonchev–Trinajstić information content (AvgIpc) is 3.17. The van der Waals surface area contributed by atoms with E-state index in [4.69, 9.17) is 4.74 Å². The van der Waals surface area contributed by atoms with E-state index in [1.165, 1.54) is 18.4 Å². The molecule has 2 amide bonds. The van der Waals surface area contributed by atoms with Crippen LogP contribution in [0.2, 0.25) is 0 Å². The molecule has 1 aromatic rings. The molecule has 29 heavy (non-hydrogen) atoms. The Balaban J connectivity index is 1.45. The third kappa shape index (κ3) is 5.97. The fraction of sp³-hybridized carbons (Fsp3) is 0.667. The van der Waals surface area contributed by atoms with Crippen LogP contribution in [0.1, 0.15) is 71.3 Å². The van der Waals surface area contributed by atoms with Gasteiger partial charge in [-0.05, 0) is 57.9 Å². The fourth-order valence-electron chi connectivity index (χ4n) is 4.66. The molecular weight excluding hydrogens is 364 g/mol. The molecule has 1 saturated carbocycles. The van der Waals surface area contributed by atoms with Crippen LogP contribution in [0.3, 0.4) is 0 Å². The number of nitrogens with one attached hydrogen (secondary N) is 1. The first-order valence-corrected chi connectivity index (χ1v) is 11.1. The summed E-state index contributed by atoms with van der Waals surface area (Å²) in [5.41, 5.74) is 0.975. The van der Waals surface area contributed by atoms with E-state index >= 15 is 0 Å². The Morgan fingerprint density at radius 1 is 1.10 bits per heavy atom. The second-order valence-electron chi connectivity index (χ2n) is 9.75. The van der Waals surface area contributed by atoms with Gasteiger partial charge in [-0.3, -0.25) is 4.79 Å². The Morgan fingerprint density at radius 3 is 2.31 bits per heavy atom. The first-order valence-electron chi connectivity index (χ1n) is 11.1. The number of carbonyl (C=O) groups excluding carboxylic acids is 2. The quantitative estimate of drug-likeness (QED) is 0.782. The molecule has 1 saturated heterocycles. The van der Waals surface area contributed by atoms with E-state index < -0.39 is 5.60 Å². The van der Waals surface area contributed by atoms with Crippen molar-refractivity contribution in [2.24, 2.45) is 5.92 Å². The molecule has 1 N–H and O–H groups in total. The summed E-state index contributed by atoms with van der Waals surface area (Å²) in [6.07, 6.45) is 6.77. The van der Waals surface area contributed by atoms with Gasteiger partial charge < -0.3 is 15.0 Å². The van der Waals surface area contributed by atoms with Crippen LogP contribution in [0.5, 0.6) is 0 Å². The number of ether oxygens (including phenoxy) is 1. The zero-order chi connectivity index (χ0) is 20.9. The van der Waals surface area contributed by atoms with Crippen LogP contribution in [0.25, 0.3) is 0 Å². The van der Waals surface area contributed by atoms with Crippen LogP contribution in [-0.2, 0) is 14.9 Å². The Kier molecular flexibility index (Phi) is 6.86. The van der Waals surface area contributed by atoms with Crippen molar-refractivity contribution in [3.8, 4) is 0 Å². The molecule has 160 valence electrons. The summed E-state index contributed by atoms with van der Waals surface area (Å²) in [4.78, 5) is 26.6. The highest BCUT2D eigenvalue weighted by atomic mass is 16.6. The predicted octanol–water partition coefficient (Wildman–Crippen LogP) is 4.65. The van der Waals surface area contributed by atoms with Gasteiger partial charge in [-0.1, -0.05) is 43.2 Å². The van der Waals surface area contributed by atoms with Gasteiger partial charge in [-0.25, -0.2) is 4.79 Å². The van der Waals surface area contributed by atoms with Crippen molar-refractivity contribution in [3.05, 3.63) is 35.9 Å². The number of piperidine rings is 1. The zero-order valence-corrected chi connectivity index (χ0v) is 18.2. The highest BCUT2D eigenvalue weighted by Crippen LogP contribution is 2.40. The number of nitrogens with zero attached hydrogens (tertiary/aromatic N) is 1. The van der Waals surface area contributed by atoms with E-state index in [-0.39, 0.29) is 17.4 Å². The van der Waals surface area contributed by atoms with Crippen LogP contribution in [0.15, 0.2) is 30.3 Å².